The lowest BCUT2D eigenvalue weighted by atomic mass is 9.94. The van der Waals surface area contributed by atoms with Gasteiger partial charge in [-0.25, -0.2) is 22.0 Å². The van der Waals surface area contributed by atoms with E-state index in [4.69, 9.17) is 5.14 Å². The molecule has 1 aliphatic heterocycles. The number of carbonyl (C=O) groups is 1. The quantitative estimate of drug-likeness (QED) is 0.721. The molecule has 162 valence electrons. The van der Waals surface area contributed by atoms with Crippen LogP contribution in [0.3, 0.4) is 0 Å². The number of amides is 1. The molecular formula is C20H25N3O5S2. The Morgan fingerprint density at radius 1 is 0.967 bits per heavy atom. The van der Waals surface area contributed by atoms with Crippen molar-refractivity contribution in [1.82, 2.24) is 4.31 Å². The molecule has 0 spiro atoms. The summed E-state index contributed by atoms with van der Waals surface area (Å²) in [5, 5.41) is 7.72. The second-order valence-electron chi connectivity index (χ2n) is 7.82. The molecular weight excluding hydrogens is 426 g/mol. The van der Waals surface area contributed by atoms with Crippen LogP contribution in [0.25, 0.3) is 0 Å². The van der Waals surface area contributed by atoms with Gasteiger partial charge >= 0.3 is 0 Å². The Bertz CT molecular complexity index is 1140. The molecule has 2 atom stereocenters. The fraction of sp³-hybridized carbons (Fsp3) is 0.350. The summed E-state index contributed by atoms with van der Waals surface area (Å²) in [5.41, 5.74) is 0.509. The Morgan fingerprint density at radius 3 is 2.13 bits per heavy atom. The molecule has 0 radical (unpaired) electrons. The molecule has 1 saturated heterocycles. The first-order valence-corrected chi connectivity index (χ1v) is 12.5. The van der Waals surface area contributed by atoms with E-state index >= 15 is 0 Å². The van der Waals surface area contributed by atoms with Gasteiger partial charge in [-0.2, -0.15) is 4.31 Å². The third-order valence-corrected chi connectivity index (χ3v) is 7.77. The molecule has 3 rings (SSSR count). The van der Waals surface area contributed by atoms with Gasteiger partial charge in [0.2, 0.25) is 20.0 Å². The van der Waals surface area contributed by atoms with Gasteiger partial charge in [0.05, 0.1) is 9.79 Å². The lowest BCUT2D eigenvalue weighted by Crippen LogP contribution is -2.42. The summed E-state index contributed by atoms with van der Waals surface area (Å²) in [6, 6.07) is 11.3. The third kappa shape index (κ3) is 5.07. The van der Waals surface area contributed by atoms with Gasteiger partial charge in [-0.1, -0.05) is 19.9 Å². The van der Waals surface area contributed by atoms with Gasteiger partial charge < -0.3 is 5.32 Å². The predicted molar refractivity (Wildman–Crippen MR) is 114 cm³/mol. The Labute approximate surface area is 177 Å². The number of benzene rings is 2. The maximum absolute atomic E-state index is 12.9. The normalized spacial score (nSPS) is 20.6. The number of nitrogens with one attached hydrogen (secondary N) is 1. The molecule has 1 heterocycles. The summed E-state index contributed by atoms with van der Waals surface area (Å²) in [7, 11) is -7.53. The highest BCUT2D eigenvalue weighted by molar-refractivity contribution is 7.89. The molecule has 3 N–H and O–H groups in total. The maximum Gasteiger partial charge on any atom is 0.255 e. The van der Waals surface area contributed by atoms with Crippen LogP contribution in [-0.2, 0) is 20.0 Å². The number of rotatable bonds is 5. The average molecular weight is 452 g/mol. The number of hydrogen-bond donors (Lipinski definition) is 2. The van der Waals surface area contributed by atoms with E-state index in [1.807, 2.05) is 13.8 Å². The number of carbonyl (C=O) groups excluding carboxylic acids is 1. The number of sulfonamides is 2. The first-order valence-electron chi connectivity index (χ1n) is 9.51. The zero-order valence-electron chi connectivity index (χ0n) is 16.8. The van der Waals surface area contributed by atoms with Crippen LogP contribution in [0.1, 0.15) is 30.6 Å². The smallest absolute Gasteiger partial charge is 0.255 e. The first-order chi connectivity index (χ1) is 14.0. The summed E-state index contributed by atoms with van der Waals surface area (Å²) in [4.78, 5) is 12.4. The van der Waals surface area contributed by atoms with Crippen LogP contribution in [0, 0.1) is 11.8 Å². The van der Waals surface area contributed by atoms with Crippen molar-refractivity contribution in [2.75, 3.05) is 18.4 Å². The second kappa shape index (κ2) is 8.46. The van der Waals surface area contributed by atoms with Crippen molar-refractivity contribution in [3.05, 3.63) is 54.1 Å². The number of piperidine rings is 1. The molecule has 0 saturated carbocycles. The van der Waals surface area contributed by atoms with Crippen LogP contribution >= 0.6 is 0 Å². The highest BCUT2D eigenvalue weighted by Crippen LogP contribution is 2.27. The van der Waals surface area contributed by atoms with Crippen LogP contribution in [0.5, 0.6) is 0 Å². The van der Waals surface area contributed by atoms with Crippen molar-refractivity contribution >= 4 is 31.6 Å². The van der Waals surface area contributed by atoms with Crippen molar-refractivity contribution < 1.29 is 21.6 Å². The lowest BCUT2D eigenvalue weighted by molar-refractivity contribution is 0.102. The van der Waals surface area contributed by atoms with E-state index < -0.39 is 26.0 Å². The molecule has 2 aromatic rings. The van der Waals surface area contributed by atoms with Gasteiger partial charge in [-0.3, -0.25) is 4.79 Å². The SMILES string of the molecule is C[C@@H]1C[C@H](C)CN(S(=O)(=O)c2ccc(NC(=O)c3cccc(S(N)(=O)=O)c3)cc2)C1. The van der Waals surface area contributed by atoms with E-state index in [1.54, 1.807) is 0 Å². The fourth-order valence-electron chi connectivity index (χ4n) is 3.68. The van der Waals surface area contributed by atoms with Crippen LogP contribution in [0.2, 0.25) is 0 Å². The van der Waals surface area contributed by atoms with Crippen LogP contribution in [0.15, 0.2) is 58.3 Å². The minimum absolute atomic E-state index is 0.120. The number of hydrogen-bond acceptors (Lipinski definition) is 5. The summed E-state index contributed by atoms with van der Waals surface area (Å²) >= 11 is 0. The summed E-state index contributed by atoms with van der Waals surface area (Å²) < 4.78 is 50.3. The number of nitrogens with two attached hydrogens (primary N) is 1. The zero-order chi connectivity index (χ0) is 22.1. The number of nitrogens with zero attached hydrogens (tertiary/aromatic N) is 1. The molecule has 10 heteroatoms. The first kappa shape index (κ1) is 22.4. The third-order valence-electron chi connectivity index (χ3n) is 5.01. The number of primary sulfonamides is 1. The van der Waals surface area contributed by atoms with E-state index in [2.05, 4.69) is 5.32 Å². The van der Waals surface area contributed by atoms with Crippen molar-refractivity contribution in [2.45, 2.75) is 30.1 Å². The summed E-state index contributed by atoms with van der Waals surface area (Å²) in [6.07, 6.45) is 1.00. The molecule has 0 aromatic heterocycles. The van der Waals surface area contributed by atoms with Crippen LogP contribution in [-0.4, -0.2) is 40.1 Å². The van der Waals surface area contributed by atoms with Crippen LogP contribution in [0.4, 0.5) is 5.69 Å². The Hall–Kier alpha value is -2.27. The molecule has 8 nitrogen and oxygen atoms in total. The maximum atomic E-state index is 12.9. The Morgan fingerprint density at radius 2 is 1.57 bits per heavy atom. The van der Waals surface area contributed by atoms with E-state index in [9.17, 15) is 21.6 Å². The van der Waals surface area contributed by atoms with Crippen molar-refractivity contribution in [2.24, 2.45) is 17.0 Å². The molecule has 1 fully saturated rings. The van der Waals surface area contributed by atoms with E-state index in [1.165, 1.54) is 52.8 Å². The van der Waals surface area contributed by atoms with Gasteiger partial charge in [-0.15, -0.1) is 0 Å². The van der Waals surface area contributed by atoms with Gasteiger partial charge in [0, 0.05) is 24.3 Å². The Balaban J connectivity index is 1.75. The van der Waals surface area contributed by atoms with Gasteiger partial charge in [0.15, 0.2) is 0 Å². The van der Waals surface area contributed by atoms with Gasteiger partial charge in [0.25, 0.3) is 5.91 Å². The highest BCUT2D eigenvalue weighted by Gasteiger charge is 2.31. The number of anilines is 1. The fourth-order valence-corrected chi connectivity index (χ4v) is 5.92. The second-order valence-corrected chi connectivity index (χ2v) is 11.3. The van der Waals surface area contributed by atoms with Gasteiger partial charge in [-0.05, 0) is 60.7 Å². The van der Waals surface area contributed by atoms with E-state index in [0.717, 1.165) is 6.42 Å². The molecule has 0 unspecified atom stereocenters. The van der Waals surface area contributed by atoms with Crippen molar-refractivity contribution in [1.29, 1.82) is 0 Å². The monoisotopic (exact) mass is 451 g/mol. The average Bonchev–Trinajstić information content (AvgIpc) is 2.67. The van der Waals surface area contributed by atoms with Crippen LogP contribution < -0.4 is 10.5 Å². The molecule has 2 aromatic carbocycles. The molecule has 30 heavy (non-hydrogen) atoms. The predicted octanol–water partition coefficient (Wildman–Crippen LogP) is 2.25. The standard InChI is InChI=1S/C20H25N3O5S2/c1-14-10-15(2)13-23(12-14)30(27,28)18-8-6-17(7-9-18)22-20(24)16-4-3-5-19(11-16)29(21,25)26/h3-9,11,14-15H,10,12-13H2,1-2H3,(H,22,24)(H2,21,25,26)/t14-,15+. The minimum atomic E-state index is -3.92. The largest absolute Gasteiger partial charge is 0.322 e. The topological polar surface area (TPSA) is 127 Å². The van der Waals surface area contributed by atoms with Crippen molar-refractivity contribution in [3.8, 4) is 0 Å². The molecule has 0 aliphatic carbocycles. The van der Waals surface area contributed by atoms with Crippen molar-refractivity contribution in [3.63, 3.8) is 0 Å². The molecule has 1 aliphatic rings. The molecule has 1 amide bonds. The molecule has 0 bridgehead atoms. The summed E-state index contributed by atoms with van der Waals surface area (Å²) in [5.74, 6) is 0.0696. The zero-order valence-corrected chi connectivity index (χ0v) is 18.4. The summed E-state index contributed by atoms with van der Waals surface area (Å²) in [6.45, 7) is 5.07. The van der Waals surface area contributed by atoms with Gasteiger partial charge in [0.1, 0.15) is 0 Å². The van der Waals surface area contributed by atoms with E-state index in [-0.39, 0.29) is 15.4 Å². The Kier molecular flexibility index (Phi) is 6.32. The van der Waals surface area contributed by atoms with E-state index in [0.29, 0.717) is 30.6 Å². The lowest BCUT2D eigenvalue weighted by Gasteiger charge is -2.34. The highest BCUT2D eigenvalue weighted by atomic mass is 32.2. The minimum Gasteiger partial charge on any atom is -0.322 e.